The first-order valence-electron chi connectivity index (χ1n) is 5.39. The molecule has 0 heterocycles. The molecule has 0 aliphatic heterocycles. The molecule has 17 heavy (non-hydrogen) atoms. The van der Waals surface area contributed by atoms with E-state index in [0.717, 1.165) is 19.3 Å². The monoisotopic (exact) mass is 346 g/mol. The smallest absolute Gasteiger partial charge is 1.00 e. The third-order valence-corrected chi connectivity index (χ3v) is 2.37. The first-order valence-corrected chi connectivity index (χ1v) is 5.39. The Labute approximate surface area is 137 Å². The molecule has 0 bridgehead atoms. The molecule has 2 aliphatic rings. The third-order valence-electron chi connectivity index (χ3n) is 2.37. The fourth-order valence-corrected chi connectivity index (χ4v) is 1.58. The average molecular weight is 348 g/mol. The molecule has 0 spiro atoms. The number of hydrogen-bond acceptors (Lipinski definition) is 0. The summed E-state index contributed by atoms with van der Waals surface area (Å²) in [4.78, 5) is 0. The zero-order valence-electron chi connectivity index (χ0n) is 10.4. The molecule has 0 aromatic carbocycles. The Kier molecular flexibility index (Phi) is 19.2. The molecule has 0 aromatic heterocycles. The molecule has 0 saturated carbocycles. The van der Waals surface area contributed by atoms with E-state index < -0.39 is 0 Å². The van der Waals surface area contributed by atoms with Gasteiger partial charge < -0.3 is 24.8 Å². The van der Waals surface area contributed by atoms with E-state index in [4.69, 9.17) is 0 Å². The molecule has 0 fully saturated rings. The summed E-state index contributed by atoms with van der Waals surface area (Å²) in [5, 5.41) is 0. The quantitative estimate of drug-likeness (QED) is 0.516. The average Bonchev–Trinajstić information content (AvgIpc) is 2.91. The van der Waals surface area contributed by atoms with Crippen molar-refractivity contribution in [2.45, 2.75) is 39.5 Å². The van der Waals surface area contributed by atoms with Gasteiger partial charge in [0.1, 0.15) is 0 Å². The first-order chi connectivity index (χ1) is 6.88. The van der Waals surface area contributed by atoms with E-state index in [1.807, 2.05) is 12.2 Å². The van der Waals surface area contributed by atoms with Crippen LogP contribution in [0.2, 0.25) is 0 Å². The summed E-state index contributed by atoms with van der Waals surface area (Å²) >= 11 is 0. The van der Waals surface area contributed by atoms with Crippen molar-refractivity contribution in [3.8, 4) is 0 Å². The molecule has 0 saturated heterocycles. The van der Waals surface area contributed by atoms with Crippen LogP contribution in [0.1, 0.15) is 39.5 Å². The second-order valence-corrected chi connectivity index (χ2v) is 3.30. The fourth-order valence-electron chi connectivity index (χ4n) is 1.58. The topological polar surface area (TPSA) is 0 Å². The molecule has 0 unspecified atom stereocenters. The van der Waals surface area contributed by atoms with Crippen LogP contribution in [0.15, 0.2) is 35.5 Å². The van der Waals surface area contributed by atoms with Crippen LogP contribution in [0.4, 0.5) is 0 Å². The van der Waals surface area contributed by atoms with Crippen LogP contribution in [-0.2, 0) is 26.2 Å². The minimum absolute atomic E-state index is 0. The molecule has 2 aliphatic carbocycles. The summed E-state index contributed by atoms with van der Waals surface area (Å²) in [7, 11) is 0. The van der Waals surface area contributed by atoms with Crippen molar-refractivity contribution in [2.75, 3.05) is 0 Å². The van der Waals surface area contributed by atoms with Crippen LogP contribution >= 0.6 is 0 Å². The normalized spacial score (nSPS) is 14.5. The van der Waals surface area contributed by atoms with Crippen molar-refractivity contribution in [1.82, 2.24) is 0 Å². The molecule has 0 nitrogen and oxygen atoms in total. The zero-order valence-corrected chi connectivity index (χ0v) is 14.4. The standard InChI is InChI=1S/C9H13.C5H5.2ClH.Zr/c1-3-8-6-5-7-9(8)4-2;1-2-4-5-3-1;;;/h6H,3-5H2,1-2H3;1-3H,4H2;2*1H;/q2*-1;;;+4/p-2. The Balaban J connectivity index is -0.000000216. The second kappa shape index (κ2) is 14.5. The molecule has 2 rings (SSSR count). The van der Waals surface area contributed by atoms with Gasteiger partial charge in [-0.15, -0.1) is 12.8 Å². The number of hydrogen-bond donors (Lipinski definition) is 0. The summed E-state index contributed by atoms with van der Waals surface area (Å²) in [5.41, 5.74) is 2.95. The van der Waals surface area contributed by atoms with Crippen LogP contribution in [0.25, 0.3) is 0 Å². The van der Waals surface area contributed by atoms with Gasteiger partial charge in [-0.1, -0.05) is 26.7 Å². The third kappa shape index (κ3) is 9.06. The fraction of sp³-hybridized carbons (Fsp3) is 0.429. The van der Waals surface area contributed by atoms with E-state index in [2.05, 4.69) is 38.2 Å². The van der Waals surface area contributed by atoms with Gasteiger partial charge in [0.25, 0.3) is 0 Å². The van der Waals surface area contributed by atoms with Crippen molar-refractivity contribution >= 4 is 0 Å². The van der Waals surface area contributed by atoms with E-state index in [9.17, 15) is 0 Å². The predicted octanol–water partition coefficient (Wildman–Crippen LogP) is -1.82. The van der Waals surface area contributed by atoms with Gasteiger partial charge in [-0.25, -0.2) is 17.7 Å². The van der Waals surface area contributed by atoms with Gasteiger partial charge in [-0.2, -0.15) is 17.7 Å². The molecule has 0 aromatic rings. The Morgan fingerprint density at radius 2 is 1.82 bits per heavy atom. The van der Waals surface area contributed by atoms with Crippen molar-refractivity contribution in [1.29, 1.82) is 0 Å². The number of allylic oxidation sites excluding steroid dienone is 8. The van der Waals surface area contributed by atoms with Crippen molar-refractivity contribution in [3.05, 3.63) is 47.6 Å². The summed E-state index contributed by atoms with van der Waals surface area (Å²) in [6.07, 6.45) is 19.0. The van der Waals surface area contributed by atoms with E-state index in [1.54, 1.807) is 0 Å². The Bertz CT molecular complexity index is 261. The van der Waals surface area contributed by atoms with Crippen molar-refractivity contribution < 1.29 is 51.0 Å². The maximum Gasteiger partial charge on any atom is 4.00 e. The van der Waals surface area contributed by atoms with E-state index >= 15 is 0 Å². The van der Waals surface area contributed by atoms with Crippen molar-refractivity contribution in [2.24, 2.45) is 0 Å². The molecule has 0 amide bonds. The van der Waals surface area contributed by atoms with Crippen LogP contribution in [0, 0.1) is 12.2 Å². The molecule has 0 radical (unpaired) electrons. The molecule has 0 N–H and O–H groups in total. The van der Waals surface area contributed by atoms with E-state index in [0.29, 0.717) is 0 Å². The van der Waals surface area contributed by atoms with Gasteiger partial charge in [0.2, 0.25) is 0 Å². The Morgan fingerprint density at radius 3 is 2.12 bits per heavy atom. The molecule has 0 atom stereocenters. The van der Waals surface area contributed by atoms with Crippen LogP contribution in [0.5, 0.6) is 0 Å². The maximum atomic E-state index is 3.33. The number of halogens is 2. The van der Waals surface area contributed by atoms with Crippen LogP contribution in [0.3, 0.4) is 0 Å². The van der Waals surface area contributed by atoms with Crippen LogP contribution < -0.4 is 24.8 Å². The van der Waals surface area contributed by atoms with Gasteiger partial charge >= 0.3 is 26.2 Å². The van der Waals surface area contributed by atoms with Crippen molar-refractivity contribution in [3.63, 3.8) is 0 Å². The summed E-state index contributed by atoms with van der Waals surface area (Å²) in [6, 6.07) is 0. The summed E-state index contributed by atoms with van der Waals surface area (Å²) < 4.78 is 0. The van der Waals surface area contributed by atoms with E-state index in [1.165, 1.54) is 17.6 Å². The Hall–Kier alpha value is 0.423. The second-order valence-electron chi connectivity index (χ2n) is 3.30. The predicted molar refractivity (Wildman–Crippen MR) is 61.6 cm³/mol. The molecular formula is C14H18Cl2Zr. The van der Waals surface area contributed by atoms with Gasteiger partial charge in [-0.3, -0.25) is 12.2 Å². The molecule has 92 valence electrons. The maximum absolute atomic E-state index is 3.33. The minimum atomic E-state index is 0. The van der Waals surface area contributed by atoms with Gasteiger partial charge in [0.05, 0.1) is 0 Å². The zero-order chi connectivity index (χ0) is 10.2. The largest absolute Gasteiger partial charge is 4.00 e. The molecule has 3 heteroatoms. The van der Waals surface area contributed by atoms with Gasteiger partial charge in [-0.05, 0) is 0 Å². The SMILES string of the molecule is CCC1=[C-]CC=C1CC.[C-]1=CC=CC1.[Cl-].[Cl-].[Zr+4]. The first kappa shape index (κ1) is 22.6. The van der Waals surface area contributed by atoms with E-state index in [-0.39, 0.29) is 51.0 Å². The number of rotatable bonds is 2. The summed E-state index contributed by atoms with van der Waals surface area (Å²) in [5.74, 6) is 0. The Morgan fingerprint density at radius 1 is 1.12 bits per heavy atom. The molecular weight excluding hydrogens is 330 g/mol. The van der Waals surface area contributed by atoms with Crippen LogP contribution in [-0.4, -0.2) is 0 Å². The minimum Gasteiger partial charge on any atom is -1.00 e. The summed E-state index contributed by atoms with van der Waals surface area (Å²) in [6.45, 7) is 4.39. The van der Waals surface area contributed by atoms with Gasteiger partial charge in [0, 0.05) is 0 Å². The van der Waals surface area contributed by atoms with Gasteiger partial charge in [0.15, 0.2) is 0 Å².